The van der Waals surface area contributed by atoms with Crippen LogP contribution in [0, 0.1) is 6.92 Å². The second-order valence-corrected chi connectivity index (χ2v) is 8.73. The van der Waals surface area contributed by atoms with E-state index in [2.05, 4.69) is 4.74 Å². The Morgan fingerprint density at radius 2 is 1.54 bits per heavy atom. The maximum atomic E-state index is 13.8. The summed E-state index contributed by atoms with van der Waals surface area (Å²) >= 11 is 2.46. The molecule has 0 heterocycles. The molecule has 2 aromatic rings. The summed E-state index contributed by atoms with van der Waals surface area (Å²) in [6.07, 6.45) is -3.67. The predicted octanol–water partition coefficient (Wildman–Crippen LogP) is 1.98. The summed E-state index contributed by atoms with van der Waals surface area (Å²) < 4.78 is 89.8. The largest absolute Gasteiger partial charge is 1.00 e. The van der Waals surface area contributed by atoms with Crippen molar-refractivity contribution in [2.45, 2.75) is 33.0 Å². The molecule has 0 aromatic heterocycles. The molecule has 0 radical (unpaired) electrons. The van der Waals surface area contributed by atoms with Crippen LogP contribution in [0.15, 0.2) is 57.2 Å². The van der Waals surface area contributed by atoms with Crippen LogP contribution in [0.4, 0.5) is 17.6 Å². The van der Waals surface area contributed by atoms with Gasteiger partial charge in [-0.1, -0.05) is 17.8 Å². The Kier molecular flexibility index (Phi) is 8.39. The number of halogens is 4. The van der Waals surface area contributed by atoms with Gasteiger partial charge in [-0.25, -0.2) is 8.42 Å². The molecule has 4 nitrogen and oxygen atoms in total. The van der Waals surface area contributed by atoms with Gasteiger partial charge in [-0.05, 0) is 55.1 Å². The molecule has 12 heteroatoms. The van der Waals surface area contributed by atoms with Crippen LogP contribution in [-0.4, -0.2) is 30.6 Å². The van der Waals surface area contributed by atoms with Gasteiger partial charge in [-0.3, -0.25) is 0 Å². The first-order chi connectivity index (χ1) is 12.4. The number of alkyl halides is 4. The van der Waals surface area contributed by atoms with Gasteiger partial charge in [0.1, 0.15) is 5.75 Å². The number of rotatable bonds is 7. The van der Waals surface area contributed by atoms with Gasteiger partial charge in [0.25, 0.3) is 0 Å². The molecule has 0 amide bonds. The molecule has 0 N–H and O–H groups in total. The van der Waals surface area contributed by atoms with E-state index in [0.717, 1.165) is 22.7 Å². The number of benzene rings is 2. The summed E-state index contributed by atoms with van der Waals surface area (Å²) in [6.45, 7) is 1.51. The van der Waals surface area contributed by atoms with Gasteiger partial charge in [-0.15, -0.1) is 11.8 Å². The van der Waals surface area contributed by atoms with Crippen LogP contribution in [0.2, 0.25) is 0 Å². The van der Waals surface area contributed by atoms with Crippen molar-refractivity contribution >= 4 is 33.6 Å². The van der Waals surface area contributed by atoms with Crippen LogP contribution >= 0.6 is 23.5 Å². The summed E-state index contributed by atoms with van der Waals surface area (Å²) in [5.74, 6) is -0.665. The molecular formula is C16H13F4LiO4S3. The van der Waals surface area contributed by atoms with Crippen molar-refractivity contribution in [3.63, 3.8) is 0 Å². The first-order valence-corrected chi connectivity index (χ1v) is 10.6. The van der Waals surface area contributed by atoms with Crippen LogP contribution in [0.25, 0.3) is 0 Å². The smallest absolute Gasteiger partial charge is 0.743 e. The summed E-state index contributed by atoms with van der Waals surface area (Å²) in [6, 6.07) is 11.0. The van der Waals surface area contributed by atoms with Crippen molar-refractivity contribution in [2.24, 2.45) is 0 Å². The molecule has 0 aliphatic rings. The second kappa shape index (κ2) is 9.32. The Bertz CT molecular complexity index is 922. The molecular weight excluding hydrogens is 435 g/mol. The molecule has 2 rings (SSSR count). The minimum absolute atomic E-state index is 0. The van der Waals surface area contributed by atoms with Crippen LogP contribution in [0.1, 0.15) is 5.56 Å². The molecule has 0 unspecified atom stereocenters. The van der Waals surface area contributed by atoms with Crippen LogP contribution in [0.5, 0.6) is 5.75 Å². The summed E-state index contributed by atoms with van der Waals surface area (Å²) in [4.78, 5) is 1.64. The summed E-state index contributed by atoms with van der Waals surface area (Å²) in [5, 5.41) is -5.92. The van der Waals surface area contributed by atoms with Gasteiger partial charge in [0.2, 0.25) is 0 Å². The first-order valence-electron chi connectivity index (χ1n) is 7.20. The molecule has 0 aliphatic carbocycles. The Balaban J connectivity index is 0.00000392. The monoisotopic (exact) mass is 448 g/mol. The van der Waals surface area contributed by atoms with E-state index in [1.165, 1.54) is 24.8 Å². The molecule has 0 spiro atoms. The Morgan fingerprint density at radius 1 is 1.00 bits per heavy atom. The van der Waals surface area contributed by atoms with Crippen LogP contribution in [-0.2, 0) is 10.1 Å². The Labute approximate surface area is 180 Å². The van der Waals surface area contributed by atoms with E-state index in [0.29, 0.717) is 10.5 Å². The SMILES string of the molecule is CSc1ccc(Sc2ccc(C)cc2OC(F)(F)C(F)(F)S(=O)(=O)[O-])cc1.[Li+]. The van der Waals surface area contributed by atoms with Gasteiger partial charge in [0.15, 0.2) is 10.1 Å². The maximum Gasteiger partial charge on any atom is 1.00 e. The number of aryl methyl sites for hydroxylation is 1. The zero-order valence-electron chi connectivity index (χ0n) is 14.9. The number of thioether (sulfide) groups is 1. The molecule has 28 heavy (non-hydrogen) atoms. The zero-order valence-corrected chi connectivity index (χ0v) is 17.4. The first kappa shape index (κ1) is 25.2. The second-order valence-electron chi connectivity index (χ2n) is 5.32. The molecule has 0 bridgehead atoms. The van der Waals surface area contributed by atoms with E-state index >= 15 is 0 Å². The minimum Gasteiger partial charge on any atom is -0.743 e. The van der Waals surface area contributed by atoms with Crippen molar-refractivity contribution in [3.05, 3.63) is 48.0 Å². The van der Waals surface area contributed by atoms with Gasteiger partial charge >= 0.3 is 30.2 Å². The van der Waals surface area contributed by atoms with E-state index in [1.54, 1.807) is 30.3 Å². The van der Waals surface area contributed by atoms with E-state index in [9.17, 15) is 30.5 Å². The Morgan fingerprint density at radius 3 is 2.04 bits per heavy atom. The molecule has 0 atom stereocenters. The zero-order chi connectivity index (χ0) is 20.5. The van der Waals surface area contributed by atoms with Gasteiger partial charge < -0.3 is 9.29 Å². The van der Waals surface area contributed by atoms with E-state index in [4.69, 9.17) is 0 Å². The third kappa shape index (κ3) is 5.61. The van der Waals surface area contributed by atoms with Crippen molar-refractivity contribution < 1.29 is 54.1 Å². The quantitative estimate of drug-likeness (QED) is 0.279. The number of hydrogen-bond donors (Lipinski definition) is 0. The number of hydrogen-bond acceptors (Lipinski definition) is 6. The van der Waals surface area contributed by atoms with Gasteiger partial charge in [0.05, 0.1) is 4.90 Å². The third-order valence-corrected chi connectivity index (χ3v) is 5.95. The van der Waals surface area contributed by atoms with Gasteiger partial charge in [0, 0.05) is 9.79 Å². The van der Waals surface area contributed by atoms with Crippen molar-refractivity contribution in [2.75, 3.05) is 6.26 Å². The fraction of sp³-hybridized carbons (Fsp3) is 0.250. The van der Waals surface area contributed by atoms with Crippen molar-refractivity contribution in [1.82, 2.24) is 0 Å². The third-order valence-electron chi connectivity index (χ3n) is 3.28. The van der Waals surface area contributed by atoms with E-state index in [1.807, 2.05) is 6.26 Å². The normalized spacial score (nSPS) is 12.4. The molecule has 148 valence electrons. The average Bonchev–Trinajstić information content (AvgIpc) is 2.56. The van der Waals surface area contributed by atoms with Crippen LogP contribution < -0.4 is 23.6 Å². The molecule has 0 aliphatic heterocycles. The fourth-order valence-electron chi connectivity index (χ4n) is 1.89. The topological polar surface area (TPSA) is 66.4 Å². The van der Waals surface area contributed by atoms with Crippen molar-refractivity contribution in [3.8, 4) is 5.75 Å². The average molecular weight is 448 g/mol. The summed E-state index contributed by atoms with van der Waals surface area (Å²) in [7, 11) is -6.64. The molecule has 0 saturated heterocycles. The van der Waals surface area contributed by atoms with Crippen molar-refractivity contribution in [1.29, 1.82) is 0 Å². The van der Waals surface area contributed by atoms with Gasteiger partial charge in [-0.2, -0.15) is 17.6 Å². The minimum atomic E-state index is -6.64. The Hall–Kier alpha value is -0.833. The summed E-state index contributed by atoms with van der Waals surface area (Å²) in [5.41, 5.74) is 0.413. The standard InChI is InChI=1S/C16H14F4O4S3.Li/c1-10-3-8-14(26-12-6-4-11(25-2)5-7-12)13(9-10)24-15(17,18)16(19,20)27(21,22)23;/h3-9H,1-2H3,(H,21,22,23);/q;+1/p-1. The molecule has 0 fully saturated rings. The maximum absolute atomic E-state index is 13.8. The molecule has 2 aromatic carbocycles. The van der Waals surface area contributed by atoms with E-state index in [-0.39, 0.29) is 23.8 Å². The predicted molar refractivity (Wildman–Crippen MR) is 93.7 cm³/mol. The van der Waals surface area contributed by atoms with Crippen LogP contribution in [0.3, 0.4) is 0 Å². The number of ether oxygens (including phenoxy) is 1. The fourth-order valence-corrected chi connectivity index (χ4v) is 3.50. The van der Waals surface area contributed by atoms with E-state index < -0.39 is 27.2 Å². The molecule has 0 saturated carbocycles.